The van der Waals surface area contributed by atoms with Gasteiger partial charge in [-0.3, -0.25) is 4.68 Å². The van der Waals surface area contributed by atoms with Crippen molar-refractivity contribution in [3.63, 3.8) is 0 Å². The monoisotopic (exact) mass is 306 g/mol. The van der Waals surface area contributed by atoms with Crippen molar-refractivity contribution in [2.45, 2.75) is 18.4 Å². The Morgan fingerprint density at radius 2 is 2.19 bits per heavy atom. The summed E-state index contributed by atoms with van der Waals surface area (Å²) in [5.41, 5.74) is 1.37. The second-order valence-corrected chi connectivity index (χ2v) is 5.17. The van der Waals surface area contributed by atoms with Gasteiger partial charge in [0.25, 0.3) is 0 Å². The van der Waals surface area contributed by atoms with E-state index in [1.807, 2.05) is 31.6 Å². The molecule has 1 heterocycles. The van der Waals surface area contributed by atoms with Gasteiger partial charge < -0.3 is 9.47 Å². The number of aromatic nitrogens is 2. The van der Waals surface area contributed by atoms with Crippen LogP contribution in [0.2, 0.25) is 0 Å². The maximum absolute atomic E-state index is 12.0. The van der Waals surface area contributed by atoms with E-state index in [1.165, 1.54) is 0 Å². The number of hydrogen-bond acceptors (Lipinski definition) is 5. The molecule has 0 saturated carbocycles. The molecule has 0 bridgehead atoms. The molecule has 0 amide bonds. The predicted octanol–water partition coefficient (Wildman–Crippen LogP) is 2.90. The molecule has 0 fully saturated rings. The van der Waals surface area contributed by atoms with Gasteiger partial charge in [-0.25, -0.2) is 4.79 Å². The summed E-state index contributed by atoms with van der Waals surface area (Å²) in [4.78, 5) is 13.0. The molecule has 0 aliphatic heterocycles. The Kier molecular flexibility index (Phi) is 5.27. The second kappa shape index (κ2) is 7.17. The number of rotatable bonds is 6. The van der Waals surface area contributed by atoms with E-state index in [0.29, 0.717) is 18.1 Å². The lowest BCUT2D eigenvalue weighted by atomic mass is 10.1. The molecule has 0 N–H and O–H groups in total. The van der Waals surface area contributed by atoms with Gasteiger partial charge in [0.1, 0.15) is 6.61 Å². The number of nitrogens with zero attached hydrogens (tertiary/aromatic N) is 2. The molecule has 1 aromatic carbocycles. The Hall–Kier alpha value is -1.95. The Balaban J connectivity index is 2.24. The van der Waals surface area contributed by atoms with Gasteiger partial charge in [-0.2, -0.15) is 0 Å². The molecule has 5 nitrogen and oxygen atoms in total. The van der Waals surface area contributed by atoms with Gasteiger partial charge in [-0.05, 0) is 25.3 Å². The van der Waals surface area contributed by atoms with Crippen molar-refractivity contribution < 1.29 is 14.3 Å². The van der Waals surface area contributed by atoms with Gasteiger partial charge in [0.05, 0.1) is 12.2 Å². The molecule has 0 saturated heterocycles. The van der Waals surface area contributed by atoms with Gasteiger partial charge in [0, 0.05) is 29.8 Å². The average Bonchev–Trinajstić information content (AvgIpc) is 2.90. The second-order valence-electron chi connectivity index (χ2n) is 4.32. The first-order valence-corrected chi connectivity index (χ1v) is 7.83. The predicted molar refractivity (Wildman–Crippen MR) is 81.7 cm³/mol. The smallest absolute Gasteiger partial charge is 0.338 e. The normalized spacial score (nSPS) is 10.4. The summed E-state index contributed by atoms with van der Waals surface area (Å²) in [6.45, 7) is 2.42. The third-order valence-corrected chi connectivity index (χ3v) is 3.72. The van der Waals surface area contributed by atoms with E-state index in [1.54, 1.807) is 35.5 Å². The summed E-state index contributed by atoms with van der Waals surface area (Å²) in [6.07, 6.45) is 3.77. The number of esters is 1. The van der Waals surface area contributed by atoms with E-state index in [2.05, 4.69) is 5.10 Å². The van der Waals surface area contributed by atoms with Crippen LogP contribution in [-0.4, -0.2) is 28.6 Å². The van der Waals surface area contributed by atoms with Gasteiger partial charge in [-0.1, -0.05) is 6.07 Å². The van der Waals surface area contributed by atoms with Crippen molar-refractivity contribution in [2.75, 3.05) is 12.9 Å². The summed E-state index contributed by atoms with van der Waals surface area (Å²) in [5.74, 6) is 0.205. The fourth-order valence-electron chi connectivity index (χ4n) is 1.92. The summed E-state index contributed by atoms with van der Waals surface area (Å²) in [6, 6.07) is 7.35. The Bertz CT molecular complexity index is 625. The van der Waals surface area contributed by atoms with Crippen molar-refractivity contribution >= 4 is 17.7 Å². The van der Waals surface area contributed by atoms with Crippen LogP contribution in [0.3, 0.4) is 0 Å². The first kappa shape index (κ1) is 15.4. The van der Waals surface area contributed by atoms with Gasteiger partial charge in [0.2, 0.25) is 5.88 Å². The summed E-state index contributed by atoms with van der Waals surface area (Å²) in [7, 11) is 1.83. The van der Waals surface area contributed by atoms with Crippen molar-refractivity contribution in [1.29, 1.82) is 0 Å². The van der Waals surface area contributed by atoms with E-state index in [4.69, 9.17) is 9.47 Å². The number of benzene rings is 1. The number of carbonyl (C=O) groups is 1. The zero-order valence-corrected chi connectivity index (χ0v) is 13.1. The fraction of sp³-hybridized carbons (Fsp3) is 0.333. The molecule has 0 radical (unpaired) electrons. The van der Waals surface area contributed by atoms with Crippen LogP contribution in [0.1, 0.15) is 22.8 Å². The number of hydrogen-bond donors (Lipinski definition) is 0. The third kappa shape index (κ3) is 3.78. The Labute approximate surface area is 128 Å². The number of aryl methyl sites for hydroxylation is 1. The van der Waals surface area contributed by atoms with Crippen LogP contribution in [-0.2, 0) is 18.4 Å². The molecule has 6 heteroatoms. The quantitative estimate of drug-likeness (QED) is 0.607. The molecule has 0 aliphatic carbocycles. The lowest BCUT2D eigenvalue weighted by molar-refractivity contribution is 0.0522. The largest absolute Gasteiger partial charge is 0.472 e. The highest BCUT2D eigenvalue weighted by Crippen LogP contribution is 2.25. The van der Waals surface area contributed by atoms with Crippen LogP contribution in [0.5, 0.6) is 5.88 Å². The first-order chi connectivity index (χ1) is 10.2. The van der Waals surface area contributed by atoms with Crippen molar-refractivity contribution in [1.82, 2.24) is 9.78 Å². The average molecular weight is 306 g/mol. The zero-order chi connectivity index (χ0) is 15.2. The highest BCUT2D eigenvalue weighted by atomic mass is 32.2. The van der Waals surface area contributed by atoms with Crippen LogP contribution < -0.4 is 4.74 Å². The highest BCUT2D eigenvalue weighted by molar-refractivity contribution is 7.98. The van der Waals surface area contributed by atoms with E-state index >= 15 is 0 Å². The van der Waals surface area contributed by atoms with Crippen LogP contribution in [0.25, 0.3) is 0 Å². The minimum absolute atomic E-state index is 0.280. The van der Waals surface area contributed by atoms with E-state index in [-0.39, 0.29) is 12.6 Å². The standard InChI is InChI=1S/C15H18N2O3S/c1-4-19-15(18)11-6-5-7-13(21-3)12(11)10-20-14-8-9-17(2)16-14/h5-9H,4,10H2,1-3H3. The molecule has 21 heavy (non-hydrogen) atoms. The lowest BCUT2D eigenvalue weighted by Gasteiger charge is -2.12. The zero-order valence-electron chi connectivity index (χ0n) is 12.3. The fourth-order valence-corrected chi connectivity index (χ4v) is 2.55. The van der Waals surface area contributed by atoms with Crippen molar-refractivity contribution in [3.05, 3.63) is 41.6 Å². The maximum Gasteiger partial charge on any atom is 0.338 e. The van der Waals surface area contributed by atoms with Crippen molar-refractivity contribution in [3.8, 4) is 5.88 Å². The first-order valence-electron chi connectivity index (χ1n) is 6.61. The summed E-state index contributed by atoms with van der Waals surface area (Å²) < 4.78 is 12.4. The Morgan fingerprint density at radius 1 is 1.38 bits per heavy atom. The molecule has 1 aromatic heterocycles. The van der Waals surface area contributed by atoms with E-state index < -0.39 is 0 Å². The number of carbonyl (C=O) groups excluding carboxylic acids is 1. The number of thioether (sulfide) groups is 1. The molecule has 0 spiro atoms. The number of ether oxygens (including phenoxy) is 2. The van der Waals surface area contributed by atoms with Crippen LogP contribution >= 0.6 is 11.8 Å². The molecular formula is C15H18N2O3S. The third-order valence-electron chi connectivity index (χ3n) is 2.90. The minimum atomic E-state index is -0.326. The van der Waals surface area contributed by atoms with E-state index in [9.17, 15) is 4.79 Å². The topological polar surface area (TPSA) is 53.4 Å². The van der Waals surface area contributed by atoms with Crippen LogP contribution in [0.15, 0.2) is 35.4 Å². The molecule has 2 rings (SSSR count). The van der Waals surface area contributed by atoms with Gasteiger partial charge in [0.15, 0.2) is 0 Å². The van der Waals surface area contributed by atoms with Crippen molar-refractivity contribution in [2.24, 2.45) is 7.05 Å². The SMILES string of the molecule is CCOC(=O)c1cccc(SC)c1COc1ccn(C)n1. The molecule has 2 aromatic rings. The van der Waals surface area contributed by atoms with Crippen LogP contribution in [0, 0.1) is 0 Å². The molecule has 0 unspecified atom stereocenters. The van der Waals surface area contributed by atoms with E-state index in [0.717, 1.165) is 10.5 Å². The van der Waals surface area contributed by atoms with Gasteiger partial charge in [-0.15, -0.1) is 16.9 Å². The maximum atomic E-state index is 12.0. The molecule has 0 atom stereocenters. The minimum Gasteiger partial charge on any atom is -0.472 e. The molecule has 112 valence electrons. The molecule has 0 aliphatic rings. The lowest BCUT2D eigenvalue weighted by Crippen LogP contribution is -2.11. The summed E-state index contributed by atoms with van der Waals surface area (Å²) in [5, 5.41) is 4.16. The molecular weight excluding hydrogens is 288 g/mol. The summed E-state index contributed by atoms with van der Waals surface area (Å²) >= 11 is 1.57. The van der Waals surface area contributed by atoms with Crippen LogP contribution in [0.4, 0.5) is 0 Å². The Morgan fingerprint density at radius 3 is 2.81 bits per heavy atom. The highest BCUT2D eigenvalue weighted by Gasteiger charge is 2.16. The van der Waals surface area contributed by atoms with Gasteiger partial charge >= 0.3 is 5.97 Å².